The van der Waals surface area contributed by atoms with Crippen LogP contribution in [0.4, 0.5) is 23.7 Å². The SMILES string of the molecule is CC[C@H](CO)N1CCN(C(=O)Nc2cc(F)c(F)cc2F)CC1. The van der Waals surface area contributed by atoms with Crippen molar-refractivity contribution in [2.45, 2.75) is 19.4 Å². The molecule has 1 aromatic rings. The number of amides is 2. The van der Waals surface area contributed by atoms with Crippen molar-refractivity contribution in [3.63, 3.8) is 0 Å². The van der Waals surface area contributed by atoms with Crippen LogP contribution in [0, 0.1) is 17.5 Å². The van der Waals surface area contributed by atoms with Crippen molar-refractivity contribution >= 4 is 11.7 Å². The summed E-state index contributed by atoms with van der Waals surface area (Å²) in [4.78, 5) is 15.7. The highest BCUT2D eigenvalue weighted by atomic mass is 19.2. The molecule has 0 unspecified atom stereocenters. The molecule has 0 saturated carbocycles. The lowest BCUT2D eigenvalue weighted by Gasteiger charge is -2.38. The van der Waals surface area contributed by atoms with Gasteiger partial charge in [0.2, 0.25) is 0 Å². The molecule has 128 valence electrons. The Morgan fingerprint density at radius 2 is 1.78 bits per heavy atom. The van der Waals surface area contributed by atoms with Crippen molar-refractivity contribution in [3.8, 4) is 0 Å². The Labute approximate surface area is 132 Å². The minimum atomic E-state index is -1.30. The number of hydrogen-bond donors (Lipinski definition) is 2. The van der Waals surface area contributed by atoms with Gasteiger partial charge in [0.25, 0.3) is 0 Å². The van der Waals surface area contributed by atoms with Gasteiger partial charge in [0, 0.05) is 44.4 Å². The van der Waals surface area contributed by atoms with E-state index >= 15 is 0 Å². The highest BCUT2D eigenvalue weighted by molar-refractivity contribution is 5.89. The Bertz CT molecular complexity index is 559. The summed E-state index contributed by atoms with van der Waals surface area (Å²) < 4.78 is 39.5. The lowest BCUT2D eigenvalue weighted by Crippen LogP contribution is -2.53. The zero-order valence-corrected chi connectivity index (χ0v) is 12.9. The molecule has 2 rings (SSSR count). The van der Waals surface area contributed by atoms with Gasteiger partial charge in [-0.3, -0.25) is 4.90 Å². The van der Waals surface area contributed by atoms with E-state index in [1.807, 2.05) is 6.92 Å². The summed E-state index contributed by atoms with van der Waals surface area (Å²) in [5.41, 5.74) is -0.391. The Hall–Kier alpha value is -1.80. The maximum atomic E-state index is 13.5. The smallest absolute Gasteiger partial charge is 0.322 e. The minimum absolute atomic E-state index is 0.0583. The first-order valence-corrected chi connectivity index (χ1v) is 7.51. The van der Waals surface area contributed by atoms with Gasteiger partial charge >= 0.3 is 6.03 Å². The number of rotatable bonds is 4. The van der Waals surface area contributed by atoms with Crippen LogP contribution in [0.3, 0.4) is 0 Å². The number of aliphatic hydroxyl groups is 1. The summed E-state index contributed by atoms with van der Waals surface area (Å²) in [5, 5.41) is 11.5. The third-order valence-corrected chi connectivity index (χ3v) is 4.05. The Morgan fingerprint density at radius 3 is 2.35 bits per heavy atom. The third kappa shape index (κ3) is 4.14. The van der Waals surface area contributed by atoms with Gasteiger partial charge in [0.15, 0.2) is 11.6 Å². The molecule has 0 aliphatic carbocycles. The topological polar surface area (TPSA) is 55.8 Å². The third-order valence-electron chi connectivity index (χ3n) is 4.05. The fraction of sp³-hybridized carbons (Fsp3) is 0.533. The van der Waals surface area contributed by atoms with E-state index in [1.165, 1.54) is 4.90 Å². The number of nitrogens with zero attached hydrogens (tertiary/aromatic N) is 2. The van der Waals surface area contributed by atoms with Gasteiger partial charge in [-0.1, -0.05) is 6.92 Å². The molecule has 1 aliphatic heterocycles. The molecule has 1 fully saturated rings. The summed E-state index contributed by atoms with van der Waals surface area (Å²) in [6.07, 6.45) is 0.808. The number of nitrogens with one attached hydrogen (secondary N) is 1. The first-order chi connectivity index (χ1) is 11.0. The van der Waals surface area contributed by atoms with E-state index in [2.05, 4.69) is 10.2 Å². The lowest BCUT2D eigenvalue weighted by molar-refractivity contribution is 0.0765. The monoisotopic (exact) mass is 331 g/mol. The molecule has 1 saturated heterocycles. The van der Waals surface area contributed by atoms with Crippen LogP contribution >= 0.6 is 0 Å². The van der Waals surface area contributed by atoms with Gasteiger partial charge in [0.1, 0.15) is 5.82 Å². The normalized spacial score (nSPS) is 17.2. The minimum Gasteiger partial charge on any atom is -0.395 e. The highest BCUT2D eigenvalue weighted by Crippen LogP contribution is 2.19. The molecular formula is C15H20F3N3O2. The zero-order chi connectivity index (χ0) is 17.0. The van der Waals surface area contributed by atoms with Crippen LogP contribution in [-0.2, 0) is 0 Å². The van der Waals surface area contributed by atoms with Crippen molar-refractivity contribution in [1.82, 2.24) is 9.80 Å². The van der Waals surface area contributed by atoms with E-state index in [0.29, 0.717) is 38.3 Å². The molecular weight excluding hydrogens is 311 g/mol. The molecule has 23 heavy (non-hydrogen) atoms. The van der Waals surface area contributed by atoms with Crippen molar-refractivity contribution in [2.24, 2.45) is 0 Å². The van der Waals surface area contributed by atoms with Gasteiger partial charge in [0.05, 0.1) is 12.3 Å². The fourth-order valence-electron chi connectivity index (χ4n) is 2.61. The summed E-state index contributed by atoms with van der Waals surface area (Å²) in [5.74, 6) is -3.55. The predicted octanol–water partition coefficient (Wildman–Crippen LogP) is 2.02. The number of carbonyl (C=O) groups is 1. The Balaban J connectivity index is 1.94. The van der Waals surface area contributed by atoms with Crippen molar-refractivity contribution < 1.29 is 23.1 Å². The molecule has 0 aromatic heterocycles. The number of anilines is 1. The molecule has 0 bridgehead atoms. The van der Waals surface area contributed by atoms with E-state index in [0.717, 1.165) is 6.42 Å². The number of piperazine rings is 1. The molecule has 1 aliphatic rings. The Morgan fingerprint density at radius 1 is 1.17 bits per heavy atom. The number of halogens is 3. The van der Waals surface area contributed by atoms with Crippen LogP contribution in [-0.4, -0.2) is 59.8 Å². The average molecular weight is 331 g/mol. The molecule has 5 nitrogen and oxygen atoms in total. The van der Waals surface area contributed by atoms with E-state index < -0.39 is 29.2 Å². The van der Waals surface area contributed by atoms with E-state index in [4.69, 9.17) is 0 Å². The van der Waals surface area contributed by atoms with Crippen LogP contribution in [0.15, 0.2) is 12.1 Å². The number of hydrogen-bond acceptors (Lipinski definition) is 3. The summed E-state index contributed by atoms with van der Waals surface area (Å²) in [7, 11) is 0. The molecule has 0 spiro atoms. The largest absolute Gasteiger partial charge is 0.395 e. The van der Waals surface area contributed by atoms with Crippen molar-refractivity contribution in [2.75, 3.05) is 38.1 Å². The number of carbonyl (C=O) groups excluding carboxylic acids is 1. The van der Waals surface area contributed by atoms with Gasteiger partial charge in [-0.2, -0.15) is 0 Å². The maximum absolute atomic E-state index is 13.5. The quantitative estimate of drug-likeness (QED) is 0.830. The van der Waals surface area contributed by atoms with E-state index in [-0.39, 0.29) is 12.6 Å². The molecule has 2 N–H and O–H groups in total. The van der Waals surface area contributed by atoms with Crippen LogP contribution in [0.1, 0.15) is 13.3 Å². The van der Waals surface area contributed by atoms with Crippen molar-refractivity contribution in [3.05, 3.63) is 29.6 Å². The maximum Gasteiger partial charge on any atom is 0.322 e. The second kappa shape index (κ2) is 7.65. The van der Waals surface area contributed by atoms with Crippen LogP contribution in [0.5, 0.6) is 0 Å². The number of aliphatic hydroxyl groups excluding tert-OH is 1. The van der Waals surface area contributed by atoms with Crippen LogP contribution in [0.2, 0.25) is 0 Å². The second-order valence-electron chi connectivity index (χ2n) is 5.44. The van der Waals surface area contributed by atoms with E-state index in [1.54, 1.807) is 0 Å². The molecule has 2 amide bonds. The molecule has 1 atom stereocenters. The fourth-order valence-corrected chi connectivity index (χ4v) is 2.61. The Kier molecular flexibility index (Phi) is 5.84. The second-order valence-corrected chi connectivity index (χ2v) is 5.44. The lowest BCUT2D eigenvalue weighted by atomic mass is 10.2. The average Bonchev–Trinajstić information content (AvgIpc) is 2.54. The van der Waals surface area contributed by atoms with Gasteiger partial charge in [-0.05, 0) is 6.42 Å². The van der Waals surface area contributed by atoms with Gasteiger partial charge in [-0.15, -0.1) is 0 Å². The van der Waals surface area contributed by atoms with Crippen LogP contribution in [0.25, 0.3) is 0 Å². The molecule has 1 aromatic carbocycles. The van der Waals surface area contributed by atoms with Gasteiger partial charge in [-0.25, -0.2) is 18.0 Å². The molecule has 8 heteroatoms. The van der Waals surface area contributed by atoms with Crippen LogP contribution < -0.4 is 5.32 Å². The molecule has 0 radical (unpaired) electrons. The number of benzene rings is 1. The van der Waals surface area contributed by atoms with Crippen molar-refractivity contribution in [1.29, 1.82) is 0 Å². The summed E-state index contributed by atoms with van der Waals surface area (Å²) in [6.45, 7) is 4.04. The first kappa shape index (κ1) is 17.6. The standard InChI is InChI=1S/C15H20F3N3O2/c1-2-10(9-22)20-3-5-21(6-4-20)15(23)19-14-8-12(17)11(16)7-13(14)18/h7-8,10,22H,2-6,9H2,1H3,(H,19,23)/t10-/m1/s1. The van der Waals surface area contributed by atoms with E-state index in [9.17, 15) is 23.1 Å². The zero-order valence-electron chi connectivity index (χ0n) is 12.9. The first-order valence-electron chi connectivity index (χ1n) is 7.51. The molecule has 1 heterocycles. The number of urea groups is 1. The summed E-state index contributed by atoms with van der Waals surface area (Å²) in [6, 6.07) is 0.517. The highest BCUT2D eigenvalue weighted by Gasteiger charge is 2.25. The van der Waals surface area contributed by atoms with Gasteiger partial charge < -0.3 is 15.3 Å². The summed E-state index contributed by atoms with van der Waals surface area (Å²) >= 11 is 0. The predicted molar refractivity (Wildman–Crippen MR) is 79.6 cm³/mol.